The number of aromatic nitrogens is 2. The van der Waals surface area contributed by atoms with E-state index in [-0.39, 0.29) is 0 Å². The molecule has 0 saturated carbocycles. The average molecular weight is 322 g/mol. The molecule has 1 aromatic carbocycles. The molecule has 0 spiro atoms. The molecule has 2 aromatic rings. The first kappa shape index (κ1) is 13.8. The first-order valence-corrected chi connectivity index (χ1v) is 6.90. The van der Waals surface area contributed by atoms with Crippen LogP contribution in [0.5, 0.6) is 5.75 Å². The van der Waals surface area contributed by atoms with Gasteiger partial charge in [-0.3, -0.25) is 0 Å². The lowest BCUT2D eigenvalue weighted by molar-refractivity contribution is 0.414. The van der Waals surface area contributed by atoms with Crippen molar-refractivity contribution in [3.05, 3.63) is 46.3 Å². The fourth-order valence-corrected chi connectivity index (χ4v) is 2.04. The van der Waals surface area contributed by atoms with E-state index in [2.05, 4.69) is 31.2 Å². The quantitative estimate of drug-likeness (QED) is 0.918. The summed E-state index contributed by atoms with van der Waals surface area (Å²) in [5.74, 6) is 2.49. The SMILES string of the molecule is CCNc1nc(Cc2ccc(OC)cc2)ncc1Br. The molecule has 0 amide bonds. The molecule has 0 saturated heterocycles. The summed E-state index contributed by atoms with van der Waals surface area (Å²) in [4.78, 5) is 8.83. The van der Waals surface area contributed by atoms with Crippen LogP contribution < -0.4 is 10.1 Å². The van der Waals surface area contributed by atoms with E-state index in [1.165, 1.54) is 0 Å². The second-order valence-corrected chi connectivity index (χ2v) is 4.89. The molecular formula is C14H16BrN3O. The fraction of sp³-hybridized carbons (Fsp3) is 0.286. The maximum Gasteiger partial charge on any atom is 0.144 e. The van der Waals surface area contributed by atoms with Gasteiger partial charge < -0.3 is 10.1 Å². The van der Waals surface area contributed by atoms with Crippen LogP contribution in [-0.2, 0) is 6.42 Å². The number of benzene rings is 1. The lowest BCUT2D eigenvalue weighted by Gasteiger charge is -2.07. The Balaban J connectivity index is 2.15. The third-order valence-corrected chi connectivity index (χ3v) is 3.24. The van der Waals surface area contributed by atoms with Crippen LogP contribution in [0.15, 0.2) is 34.9 Å². The minimum absolute atomic E-state index is 0.704. The van der Waals surface area contributed by atoms with E-state index in [1.54, 1.807) is 13.3 Å². The van der Waals surface area contributed by atoms with Crippen LogP contribution in [0, 0.1) is 0 Å². The molecule has 100 valence electrons. The summed E-state index contributed by atoms with van der Waals surface area (Å²) in [6, 6.07) is 7.94. The Kier molecular flexibility index (Phi) is 4.74. The third kappa shape index (κ3) is 3.67. The number of rotatable bonds is 5. The van der Waals surface area contributed by atoms with Gasteiger partial charge in [-0.05, 0) is 40.5 Å². The van der Waals surface area contributed by atoms with Crippen LogP contribution in [-0.4, -0.2) is 23.6 Å². The predicted octanol–water partition coefficient (Wildman–Crippen LogP) is 3.27. The van der Waals surface area contributed by atoms with Gasteiger partial charge in [-0.2, -0.15) is 0 Å². The van der Waals surface area contributed by atoms with Gasteiger partial charge in [-0.1, -0.05) is 12.1 Å². The zero-order chi connectivity index (χ0) is 13.7. The summed E-state index contributed by atoms with van der Waals surface area (Å²) < 4.78 is 6.02. The molecule has 0 aliphatic rings. The highest BCUT2D eigenvalue weighted by Crippen LogP contribution is 2.20. The second kappa shape index (κ2) is 6.52. The lowest BCUT2D eigenvalue weighted by Crippen LogP contribution is -2.04. The second-order valence-electron chi connectivity index (χ2n) is 4.04. The first-order chi connectivity index (χ1) is 9.22. The smallest absolute Gasteiger partial charge is 0.144 e. The Labute approximate surface area is 121 Å². The van der Waals surface area contributed by atoms with Gasteiger partial charge in [0.2, 0.25) is 0 Å². The molecule has 0 fully saturated rings. The van der Waals surface area contributed by atoms with E-state index >= 15 is 0 Å². The van der Waals surface area contributed by atoms with Crippen molar-refractivity contribution in [1.29, 1.82) is 0 Å². The predicted molar refractivity (Wildman–Crippen MR) is 79.7 cm³/mol. The van der Waals surface area contributed by atoms with Crippen LogP contribution in [0.25, 0.3) is 0 Å². The van der Waals surface area contributed by atoms with Gasteiger partial charge in [0, 0.05) is 19.2 Å². The van der Waals surface area contributed by atoms with Crippen molar-refractivity contribution in [3.63, 3.8) is 0 Å². The Morgan fingerprint density at radius 1 is 1.26 bits per heavy atom. The summed E-state index contributed by atoms with van der Waals surface area (Å²) in [5, 5.41) is 3.20. The molecular weight excluding hydrogens is 306 g/mol. The molecule has 1 N–H and O–H groups in total. The van der Waals surface area contributed by atoms with Crippen LogP contribution in [0.3, 0.4) is 0 Å². The largest absolute Gasteiger partial charge is 0.497 e. The Morgan fingerprint density at radius 3 is 2.63 bits per heavy atom. The van der Waals surface area contributed by atoms with Gasteiger partial charge in [0.1, 0.15) is 17.4 Å². The van der Waals surface area contributed by atoms with Gasteiger partial charge in [0.25, 0.3) is 0 Å². The minimum atomic E-state index is 0.704. The van der Waals surface area contributed by atoms with E-state index in [0.29, 0.717) is 6.42 Å². The van der Waals surface area contributed by atoms with Crippen molar-refractivity contribution in [1.82, 2.24) is 9.97 Å². The van der Waals surface area contributed by atoms with E-state index in [0.717, 1.165) is 34.0 Å². The highest BCUT2D eigenvalue weighted by molar-refractivity contribution is 9.10. The van der Waals surface area contributed by atoms with Gasteiger partial charge >= 0.3 is 0 Å². The van der Waals surface area contributed by atoms with Crippen molar-refractivity contribution >= 4 is 21.7 Å². The highest BCUT2D eigenvalue weighted by Gasteiger charge is 2.05. The van der Waals surface area contributed by atoms with Crippen molar-refractivity contribution in [3.8, 4) is 5.75 Å². The number of hydrogen-bond donors (Lipinski definition) is 1. The molecule has 19 heavy (non-hydrogen) atoms. The molecule has 4 nitrogen and oxygen atoms in total. The zero-order valence-electron chi connectivity index (χ0n) is 11.0. The molecule has 0 unspecified atom stereocenters. The topological polar surface area (TPSA) is 47.0 Å². The minimum Gasteiger partial charge on any atom is -0.497 e. The number of methoxy groups -OCH3 is 1. The molecule has 1 heterocycles. The van der Waals surface area contributed by atoms with Gasteiger partial charge in [0.05, 0.1) is 11.6 Å². The fourth-order valence-electron chi connectivity index (χ4n) is 1.71. The summed E-state index contributed by atoms with van der Waals surface area (Å²) >= 11 is 3.43. The van der Waals surface area contributed by atoms with E-state index in [1.807, 2.05) is 31.2 Å². The van der Waals surface area contributed by atoms with E-state index < -0.39 is 0 Å². The number of anilines is 1. The monoisotopic (exact) mass is 321 g/mol. The lowest BCUT2D eigenvalue weighted by atomic mass is 10.1. The van der Waals surface area contributed by atoms with Gasteiger partial charge in [-0.15, -0.1) is 0 Å². The number of ether oxygens (including phenoxy) is 1. The molecule has 5 heteroatoms. The normalized spacial score (nSPS) is 10.3. The first-order valence-electron chi connectivity index (χ1n) is 6.11. The van der Waals surface area contributed by atoms with Crippen molar-refractivity contribution in [2.75, 3.05) is 19.0 Å². The molecule has 1 aromatic heterocycles. The van der Waals surface area contributed by atoms with Crippen LogP contribution in [0.1, 0.15) is 18.3 Å². The Hall–Kier alpha value is -1.62. The summed E-state index contributed by atoms with van der Waals surface area (Å²) in [6.45, 7) is 2.87. The highest BCUT2D eigenvalue weighted by atomic mass is 79.9. The molecule has 0 radical (unpaired) electrons. The Bertz CT molecular complexity index is 543. The van der Waals surface area contributed by atoms with Crippen molar-refractivity contribution in [2.24, 2.45) is 0 Å². The van der Waals surface area contributed by atoms with Crippen LogP contribution >= 0.6 is 15.9 Å². The Morgan fingerprint density at radius 2 is 2.00 bits per heavy atom. The third-order valence-electron chi connectivity index (χ3n) is 2.66. The van der Waals surface area contributed by atoms with Gasteiger partial charge in [0.15, 0.2) is 0 Å². The number of nitrogens with one attached hydrogen (secondary N) is 1. The van der Waals surface area contributed by atoms with Crippen molar-refractivity contribution in [2.45, 2.75) is 13.3 Å². The van der Waals surface area contributed by atoms with Crippen LogP contribution in [0.4, 0.5) is 5.82 Å². The summed E-state index contributed by atoms with van der Waals surface area (Å²) in [6.07, 6.45) is 2.49. The number of hydrogen-bond acceptors (Lipinski definition) is 4. The molecule has 0 bridgehead atoms. The van der Waals surface area contributed by atoms with E-state index in [4.69, 9.17) is 4.74 Å². The standard InChI is InChI=1S/C14H16BrN3O/c1-3-16-14-12(15)9-17-13(18-14)8-10-4-6-11(19-2)7-5-10/h4-7,9H,3,8H2,1-2H3,(H,16,17,18). The molecule has 0 atom stereocenters. The summed E-state index contributed by atoms with van der Waals surface area (Å²) in [5.41, 5.74) is 1.16. The van der Waals surface area contributed by atoms with Crippen molar-refractivity contribution < 1.29 is 4.74 Å². The molecule has 0 aliphatic carbocycles. The van der Waals surface area contributed by atoms with Gasteiger partial charge in [-0.25, -0.2) is 9.97 Å². The maximum absolute atomic E-state index is 5.14. The number of halogens is 1. The average Bonchev–Trinajstić information content (AvgIpc) is 2.44. The number of nitrogens with zero attached hydrogens (tertiary/aromatic N) is 2. The maximum atomic E-state index is 5.14. The zero-order valence-corrected chi connectivity index (χ0v) is 12.6. The van der Waals surface area contributed by atoms with E-state index in [9.17, 15) is 0 Å². The molecule has 2 rings (SSSR count). The van der Waals surface area contributed by atoms with Crippen LogP contribution in [0.2, 0.25) is 0 Å². The molecule has 0 aliphatic heterocycles. The summed E-state index contributed by atoms with van der Waals surface area (Å²) in [7, 11) is 1.66.